The van der Waals surface area contributed by atoms with Crippen LogP contribution in [0.2, 0.25) is 0 Å². The predicted molar refractivity (Wildman–Crippen MR) is 107 cm³/mol. The summed E-state index contributed by atoms with van der Waals surface area (Å²) in [6, 6.07) is 20.6. The van der Waals surface area contributed by atoms with E-state index in [2.05, 4.69) is 59.3 Å². The molecule has 1 aliphatic rings. The van der Waals surface area contributed by atoms with E-state index in [4.69, 9.17) is 4.74 Å². The van der Waals surface area contributed by atoms with Crippen LogP contribution in [0.15, 0.2) is 65.1 Å². The van der Waals surface area contributed by atoms with Crippen molar-refractivity contribution in [1.29, 1.82) is 0 Å². The number of rotatable bonds is 5. The number of ether oxygens (including phenoxy) is 1. The Morgan fingerprint density at radius 1 is 1.00 bits per heavy atom. The number of halogens is 1. The number of ketones is 1. The topological polar surface area (TPSA) is 26.3 Å². The molecule has 0 atom stereocenters. The molecule has 0 N–H and O–H groups in total. The molecule has 0 radical (unpaired) electrons. The van der Waals surface area contributed by atoms with Crippen molar-refractivity contribution in [2.24, 2.45) is 0 Å². The van der Waals surface area contributed by atoms with E-state index in [1.165, 1.54) is 22.3 Å². The van der Waals surface area contributed by atoms with E-state index in [9.17, 15) is 4.79 Å². The molecule has 130 valence electrons. The van der Waals surface area contributed by atoms with Crippen molar-refractivity contribution in [3.63, 3.8) is 0 Å². The lowest BCUT2D eigenvalue weighted by Crippen LogP contribution is -2.18. The Balaban J connectivity index is 1.51. The number of fused-ring (bicyclic) bond motifs is 1. The summed E-state index contributed by atoms with van der Waals surface area (Å²) in [5, 5.41) is 0. The summed E-state index contributed by atoms with van der Waals surface area (Å²) in [5.74, 6) is 1.10. The minimum absolute atomic E-state index is 0.254. The molecule has 26 heavy (non-hydrogen) atoms. The Morgan fingerprint density at radius 3 is 2.58 bits per heavy atom. The SMILES string of the molecule is Cc1cc(OCc2ccccc2)c(Br)cc1Cc1ccc2c(c1)C(=O)C2. The van der Waals surface area contributed by atoms with Crippen LogP contribution in [0.4, 0.5) is 0 Å². The molecule has 3 aromatic rings. The molecule has 0 heterocycles. The van der Waals surface area contributed by atoms with Gasteiger partial charge in [-0.05, 0) is 75.3 Å². The van der Waals surface area contributed by atoms with Gasteiger partial charge in [0.15, 0.2) is 5.78 Å². The number of benzene rings is 3. The maximum atomic E-state index is 11.7. The second kappa shape index (κ2) is 7.08. The largest absolute Gasteiger partial charge is 0.488 e. The van der Waals surface area contributed by atoms with E-state index in [-0.39, 0.29) is 5.78 Å². The second-order valence-corrected chi connectivity index (χ2v) is 7.61. The molecule has 0 aromatic heterocycles. The minimum atomic E-state index is 0.254. The number of aryl methyl sites for hydroxylation is 1. The van der Waals surface area contributed by atoms with Crippen molar-refractivity contribution < 1.29 is 9.53 Å². The van der Waals surface area contributed by atoms with Crippen LogP contribution in [-0.4, -0.2) is 5.78 Å². The summed E-state index contributed by atoms with van der Waals surface area (Å²) in [4.78, 5) is 11.7. The maximum absolute atomic E-state index is 11.7. The molecular weight excluding hydrogens is 388 g/mol. The second-order valence-electron chi connectivity index (χ2n) is 6.75. The minimum Gasteiger partial charge on any atom is -0.488 e. The Labute approximate surface area is 162 Å². The molecule has 0 amide bonds. The van der Waals surface area contributed by atoms with Crippen LogP contribution in [-0.2, 0) is 19.4 Å². The zero-order valence-corrected chi connectivity index (χ0v) is 16.2. The number of hydrogen-bond acceptors (Lipinski definition) is 2. The standard InChI is InChI=1S/C23H19BrO2/c1-15-9-23(26-14-16-5-3-2-4-6-16)21(24)12-19(15)10-17-7-8-18-13-22(25)20(18)11-17/h2-9,11-12H,10,13-14H2,1H3. The van der Waals surface area contributed by atoms with Gasteiger partial charge in [0.05, 0.1) is 4.47 Å². The van der Waals surface area contributed by atoms with Gasteiger partial charge in [-0.2, -0.15) is 0 Å². The number of carbonyl (C=O) groups is 1. The first-order valence-electron chi connectivity index (χ1n) is 8.71. The summed E-state index contributed by atoms with van der Waals surface area (Å²) in [5.41, 5.74) is 6.79. The molecule has 0 fully saturated rings. The van der Waals surface area contributed by atoms with Crippen LogP contribution >= 0.6 is 15.9 Å². The van der Waals surface area contributed by atoms with Crippen molar-refractivity contribution in [3.05, 3.63) is 98.5 Å². The first-order chi connectivity index (χ1) is 12.6. The van der Waals surface area contributed by atoms with Gasteiger partial charge in [0.1, 0.15) is 12.4 Å². The van der Waals surface area contributed by atoms with E-state index in [0.29, 0.717) is 13.0 Å². The quantitative estimate of drug-likeness (QED) is 0.545. The zero-order valence-electron chi connectivity index (χ0n) is 14.6. The highest BCUT2D eigenvalue weighted by molar-refractivity contribution is 9.10. The van der Waals surface area contributed by atoms with Gasteiger partial charge in [-0.15, -0.1) is 0 Å². The lowest BCUT2D eigenvalue weighted by Gasteiger charge is -2.18. The molecule has 2 nitrogen and oxygen atoms in total. The molecule has 3 heteroatoms. The predicted octanol–water partition coefficient (Wildman–Crippen LogP) is 5.67. The fraction of sp³-hybridized carbons (Fsp3) is 0.174. The summed E-state index contributed by atoms with van der Waals surface area (Å²) in [6.07, 6.45) is 1.40. The maximum Gasteiger partial charge on any atom is 0.167 e. The number of Topliss-reactive ketones (excluding diaryl/α,β-unsaturated/α-hetero) is 1. The molecule has 0 aliphatic heterocycles. The van der Waals surface area contributed by atoms with Gasteiger partial charge in [0, 0.05) is 12.0 Å². The Kier molecular flexibility index (Phi) is 4.64. The third kappa shape index (κ3) is 3.45. The fourth-order valence-corrected chi connectivity index (χ4v) is 3.77. The highest BCUT2D eigenvalue weighted by Gasteiger charge is 2.23. The Morgan fingerprint density at radius 2 is 1.81 bits per heavy atom. The molecule has 3 aromatic carbocycles. The van der Waals surface area contributed by atoms with E-state index in [1.807, 2.05) is 24.3 Å². The van der Waals surface area contributed by atoms with Gasteiger partial charge in [-0.3, -0.25) is 4.79 Å². The molecule has 0 saturated heterocycles. The van der Waals surface area contributed by atoms with E-state index >= 15 is 0 Å². The van der Waals surface area contributed by atoms with Gasteiger partial charge in [0.2, 0.25) is 0 Å². The summed E-state index contributed by atoms with van der Waals surface area (Å²) >= 11 is 3.64. The Bertz CT molecular complexity index is 977. The molecule has 4 rings (SSSR count). The zero-order chi connectivity index (χ0) is 18.1. The molecule has 1 aliphatic carbocycles. The molecule has 0 spiro atoms. The fourth-order valence-electron chi connectivity index (χ4n) is 3.26. The van der Waals surface area contributed by atoms with Crippen molar-refractivity contribution in [2.45, 2.75) is 26.4 Å². The summed E-state index contributed by atoms with van der Waals surface area (Å²) in [7, 11) is 0. The van der Waals surface area contributed by atoms with Crippen molar-refractivity contribution in [3.8, 4) is 5.75 Å². The van der Waals surface area contributed by atoms with E-state index < -0.39 is 0 Å². The first-order valence-corrected chi connectivity index (χ1v) is 9.50. The monoisotopic (exact) mass is 406 g/mol. The van der Waals surface area contributed by atoms with Crippen molar-refractivity contribution >= 4 is 21.7 Å². The smallest absolute Gasteiger partial charge is 0.167 e. The molecule has 0 unspecified atom stereocenters. The summed E-state index contributed by atoms with van der Waals surface area (Å²) < 4.78 is 6.93. The van der Waals surface area contributed by atoms with Gasteiger partial charge in [-0.1, -0.05) is 42.5 Å². The normalized spacial score (nSPS) is 12.5. The number of hydrogen-bond donors (Lipinski definition) is 0. The van der Waals surface area contributed by atoms with Crippen LogP contribution in [0.25, 0.3) is 0 Å². The van der Waals surface area contributed by atoms with Crippen LogP contribution in [0.1, 0.15) is 38.2 Å². The van der Waals surface area contributed by atoms with Crippen LogP contribution in [0.3, 0.4) is 0 Å². The van der Waals surface area contributed by atoms with E-state index in [0.717, 1.165) is 27.8 Å². The van der Waals surface area contributed by atoms with Gasteiger partial charge < -0.3 is 4.74 Å². The van der Waals surface area contributed by atoms with Crippen molar-refractivity contribution in [1.82, 2.24) is 0 Å². The van der Waals surface area contributed by atoms with Gasteiger partial charge >= 0.3 is 0 Å². The van der Waals surface area contributed by atoms with Crippen molar-refractivity contribution in [2.75, 3.05) is 0 Å². The average molecular weight is 407 g/mol. The lowest BCUT2D eigenvalue weighted by molar-refractivity contribution is 0.0968. The first kappa shape index (κ1) is 17.0. The molecule has 0 bridgehead atoms. The van der Waals surface area contributed by atoms with Gasteiger partial charge in [-0.25, -0.2) is 0 Å². The third-order valence-electron chi connectivity index (χ3n) is 4.85. The van der Waals surface area contributed by atoms with Crippen LogP contribution in [0, 0.1) is 6.92 Å². The van der Waals surface area contributed by atoms with Crippen LogP contribution in [0.5, 0.6) is 5.75 Å². The van der Waals surface area contributed by atoms with E-state index in [1.54, 1.807) is 0 Å². The van der Waals surface area contributed by atoms with Gasteiger partial charge in [0.25, 0.3) is 0 Å². The molecule has 0 saturated carbocycles. The summed E-state index contributed by atoms with van der Waals surface area (Å²) in [6.45, 7) is 2.65. The van der Waals surface area contributed by atoms with Crippen LogP contribution < -0.4 is 4.74 Å². The molecular formula is C23H19BrO2. The highest BCUT2D eigenvalue weighted by atomic mass is 79.9. The average Bonchev–Trinajstić information content (AvgIpc) is 2.64. The lowest BCUT2D eigenvalue weighted by atomic mass is 9.85. The third-order valence-corrected chi connectivity index (χ3v) is 5.47. The number of carbonyl (C=O) groups excluding carboxylic acids is 1. The Hall–Kier alpha value is -2.39. The highest BCUT2D eigenvalue weighted by Crippen LogP contribution is 2.31.